The van der Waals surface area contributed by atoms with Crippen LogP contribution in [0.1, 0.15) is 16.7 Å². The fourth-order valence-electron chi connectivity index (χ4n) is 1.91. The Morgan fingerprint density at radius 2 is 1.70 bits per heavy atom. The summed E-state index contributed by atoms with van der Waals surface area (Å²) in [5.74, 6) is -0.610. The van der Waals surface area contributed by atoms with E-state index in [1.165, 1.54) is 6.07 Å². The number of sulfonamides is 1. The zero-order valence-corrected chi connectivity index (χ0v) is 11.3. The molecule has 20 heavy (non-hydrogen) atoms. The van der Waals surface area contributed by atoms with Gasteiger partial charge >= 0.3 is 12.2 Å². The van der Waals surface area contributed by atoms with Gasteiger partial charge in [-0.15, -0.1) is 4.40 Å². The first-order chi connectivity index (χ1) is 9.16. The van der Waals surface area contributed by atoms with Gasteiger partial charge in [0.2, 0.25) is 0 Å². The molecule has 2 rings (SSSR count). The SMILES string of the molecule is Cc1ccc2c(c1C)C(N(C(=O)O)C(=O)O)=NS2(=O)=O. The molecule has 0 radical (unpaired) electrons. The molecule has 0 spiro atoms. The summed E-state index contributed by atoms with van der Waals surface area (Å²) in [6, 6.07) is 2.83. The van der Waals surface area contributed by atoms with Crippen LogP contribution in [0.5, 0.6) is 0 Å². The zero-order chi connectivity index (χ0) is 15.2. The van der Waals surface area contributed by atoms with E-state index >= 15 is 0 Å². The van der Waals surface area contributed by atoms with Crippen LogP contribution in [0.25, 0.3) is 0 Å². The van der Waals surface area contributed by atoms with Gasteiger partial charge in [-0.25, -0.2) is 9.59 Å². The Bertz CT molecular complexity index is 751. The van der Waals surface area contributed by atoms with Crippen molar-refractivity contribution in [3.05, 3.63) is 28.8 Å². The molecular formula is C11H10N2O6S. The lowest BCUT2D eigenvalue weighted by molar-refractivity contribution is 0.145. The molecule has 0 unspecified atom stereocenters. The normalized spacial score (nSPS) is 15.4. The van der Waals surface area contributed by atoms with Crippen molar-refractivity contribution in [2.45, 2.75) is 18.7 Å². The first-order valence-corrected chi connectivity index (χ1v) is 6.82. The van der Waals surface area contributed by atoms with E-state index in [-0.39, 0.29) is 15.4 Å². The number of amidine groups is 1. The van der Waals surface area contributed by atoms with Crippen molar-refractivity contribution < 1.29 is 28.2 Å². The molecular weight excluding hydrogens is 288 g/mol. The van der Waals surface area contributed by atoms with Crippen LogP contribution in [0.15, 0.2) is 21.4 Å². The molecule has 1 aliphatic rings. The maximum atomic E-state index is 11.9. The summed E-state index contributed by atoms with van der Waals surface area (Å²) in [6.07, 6.45) is -3.64. The molecule has 0 saturated carbocycles. The predicted molar refractivity (Wildman–Crippen MR) is 67.5 cm³/mol. The largest absolute Gasteiger partial charge is 0.464 e. The van der Waals surface area contributed by atoms with Crippen LogP contribution >= 0.6 is 0 Å². The van der Waals surface area contributed by atoms with E-state index in [1.807, 2.05) is 0 Å². The second-order valence-corrected chi connectivity index (χ2v) is 5.74. The van der Waals surface area contributed by atoms with Crippen LogP contribution in [0.3, 0.4) is 0 Å². The number of imide groups is 1. The molecule has 1 aliphatic heterocycles. The summed E-state index contributed by atoms with van der Waals surface area (Å²) in [5.41, 5.74) is 1.17. The molecule has 2 amide bonds. The van der Waals surface area contributed by atoms with Gasteiger partial charge in [0.05, 0.1) is 0 Å². The number of fused-ring (bicyclic) bond motifs is 1. The van der Waals surface area contributed by atoms with Crippen LogP contribution in [0.4, 0.5) is 9.59 Å². The number of hydrogen-bond acceptors (Lipinski definition) is 4. The third-order valence-corrected chi connectivity index (χ3v) is 4.31. The molecule has 106 valence electrons. The van der Waals surface area contributed by atoms with Crippen molar-refractivity contribution in [3.63, 3.8) is 0 Å². The molecule has 2 N–H and O–H groups in total. The van der Waals surface area contributed by atoms with Crippen molar-refractivity contribution in [2.24, 2.45) is 4.40 Å². The zero-order valence-electron chi connectivity index (χ0n) is 10.5. The van der Waals surface area contributed by atoms with E-state index < -0.39 is 28.0 Å². The van der Waals surface area contributed by atoms with Gasteiger partial charge < -0.3 is 10.2 Å². The lowest BCUT2D eigenvalue weighted by Crippen LogP contribution is -2.40. The fourth-order valence-corrected chi connectivity index (χ4v) is 3.15. The number of carbonyl (C=O) groups is 2. The molecule has 0 aliphatic carbocycles. The maximum absolute atomic E-state index is 11.9. The predicted octanol–water partition coefficient (Wildman–Crippen LogP) is 1.41. The highest BCUT2D eigenvalue weighted by Crippen LogP contribution is 2.31. The lowest BCUT2D eigenvalue weighted by Gasteiger charge is -2.15. The van der Waals surface area contributed by atoms with Crippen molar-refractivity contribution in [2.75, 3.05) is 0 Å². The molecule has 1 aromatic carbocycles. The van der Waals surface area contributed by atoms with Crippen molar-refractivity contribution >= 4 is 28.0 Å². The Hall–Kier alpha value is -2.42. The third kappa shape index (κ3) is 1.92. The molecule has 1 heterocycles. The monoisotopic (exact) mass is 298 g/mol. The first-order valence-electron chi connectivity index (χ1n) is 5.38. The Morgan fingerprint density at radius 1 is 1.15 bits per heavy atom. The van der Waals surface area contributed by atoms with E-state index in [0.717, 1.165) is 0 Å². The average Bonchev–Trinajstić information content (AvgIpc) is 2.55. The molecule has 9 heteroatoms. The molecule has 0 fully saturated rings. The summed E-state index contributed by atoms with van der Waals surface area (Å²) in [7, 11) is -4.09. The van der Waals surface area contributed by atoms with E-state index in [1.54, 1.807) is 19.9 Å². The molecule has 8 nitrogen and oxygen atoms in total. The standard InChI is InChI=1S/C11H10N2O6S/c1-5-3-4-7-8(6(5)2)9(12-20(7,18)19)13(10(14)15)11(16)17/h3-4H,1-2H3,(H,14,15)(H,16,17). The number of rotatable bonds is 0. The third-order valence-electron chi connectivity index (χ3n) is 3.00. The minimum Gasteiger partial charge on any atom is -0.464 e. The van der Waals surface area contributed by atoms with Gasteiger partial charge in [-0.3, -0.25) is 0 Å². The van der Waals surface area contributed by atoms with Gasteiger partial charge in [-0.05, 0) is 31.0 Å². The Balaban J connectivity index is 2.80. The molecule has 0 aromatic heterocycles. The smallest absolute Gasteiger partial charge is 0.422 e. The second kappa shape index (κ2) is 4.30. The Labute approximate surface area is 114 Å². The maximum Gasteiger partial charge on any atom is 0.422 e. The highest BCUT2D eigenvalue weighted by molar-refractivity contribution is 7.90. The second-order valence-electron chi connectivity index (χ2n) is 4.17. The van der Waals surface area contributed by atoms with Crippen molar-refractivity contribution in [3.8, 4) is 0 Å². The van der Waals surface area contributed by atoms with Gasteiger partial charge in [0.15, 0.2) is 5.84 Å². The molecule has 0 saturated heterocycles. The van der Waals surface area contributed by atoms with E-state index in [0.29, 0.717) is 11.1 Å². The topological polar surface area (TPSA) is 124 Å². The number of aryl methyl sites for hydroxylation is 1. The number of nitrogens with zero attached hydrogens (tertiary/aromatic N) is 2. The highest BCUT2D eigenvalue weighted by Gasteiger charge is 2.39. The van der Waals surface area contributed by atoms with Crippen molar-refractivity contribution in [1.29, 1.82) is 0 Å². The van der Waals surface area contributed by atoms with E-state index in [4.69, 9.17) is 10.2 Å². The van der Waals surface area contributed by atoms with Crippen LogP contribution < -0.4 is 0 Å². The number of hydrogen-bond donors (Lipinski definition) is 2. The van der Waals surface area contributed by atoms with E-state index in [9.17, 15) is 18.0 Å². The van der Waals surface area contributed by atoms with Crippen LogP contribution in [-0.2, 0) is 10.0 Å². The highest BCUT2D eigenvalue weighted by atomic mass is 32.2. The van der Waals surface area contributed by atoms with Crippen LogP contribution in [0, 0.1) is 13.8 Å². The summed E-state index contributed by atoms with van der Waals surface area (Å²) in [6.45, 7) is 3.27. The van der Waals surface area contributed by atoms with Gasteiger partial charge in [0.25, 0.3) is 10.0 Å². The molecule has 0 bridgehead atoms. The van der Waals surface area contributed by atoms with Gasteiger partial charge in [-0.2, -0.15) is 13.3 Å². The minimum atomic E-state index is -4.09. The van der Waals surface area contributed by atoms with Gasteiger partial charge in [0.1, 0.15) is 4.90 Å². The minimum absolute atomic E-state index is 0.00907. The molecule has 1 aromatic rings. The number of carboxylic acid groups (broad SMARTS) is 2. The van der Waals surface area contributed by atoms with Gasteiger partial charge in [-0.1, -0.05) is 6.07 Å². The number of benzene rings is 1. The lowest BCUT2D eigenvalue weighted by atomic mass is 10.0. The van der Waals surface area contributed by atoms with Gasteiger partial charge in [0, 0.05) is 5.56 Å². The molecule has 0 atom stereocenters. The summed E-state index contributed by atoms with van der Waals surface area (Å²) in [5, 5.41) is 17.9. The average molecular weight is 298 g/mol. The quantitative estimate of drug-likeness (QED) is 0.746. The summed E-state index contributed by atoms with van der Waals surface area (Å²) >= 11 is 0. The first kappa shape index (κ1) is 14.0. The summed E-state index contributed by atoms with van der Waals surface area (Å²) < 4.78 is 27.0. The number of amides is 2. The fraction of sp³-hybridized carbons (Fsp3) is 0.182. The Kier molecular flexibility index (Phi) is 3.01. The van der Waals surface area contributed by atoms with E-state index in [2.05, 4.69) is 4.40 Å². The van der Waals surface area contributed by atoms with Crippen LogP contribution in [0.2, 0.25) is 0 Å². The Morgan fingerprint density at radius 3 is 2.20 bits per heavy atom. The summed E-state index contributed by atoms with van der Waals surface area (Å²) in [4.78, 5) is 21.7. The van der Waals surface area contributed by atoms with Crippen LogP contribution in [-0.4, -0.2) is 41.6 Å². The van der Waals surface area contributed by atoms with Crippen molar-refractivity contribution in [1.82, 2.24) is 4.90 Å².